The van der Waals surface area contributed by atoms with Crippen LogP contribution in [0.2, 0.25) is 0 Å². The molecule has 0 aliphatic rings. The highest BCUT2D eigenvalue weighted by atomic mass is 32.1. The molecular formula is C28H30N4O2S. The molecule has 4 rings (SSSR count). The minimum absolute atomic E-state index is 0.0740. The van der Waals surface area contributed by atoms with Crippen LogP contribution in [0, 0.1) is 6.92 Å². The molecule has 0 radical (unpaired) electrons. The van der Waals surface area contributed by atoms with Crippen LogP contribution in [0.15, 0.2) is 78.2 Å². The minimum Gasteiger partial charge on any atom is -0.324 e. The van der Waals surface area contributed by atoms with Crippen molar-refractivity contribution in [1.29, 1.82) is 0 Å². The molecule has 0 aliphatic heterocycles. The second-order valence-corrected chi connectivity index (χ2v) is 10.5. The average Bonchev–Trinajstić information content (AvgIpc) is 3.50. The highest BCUT2D eigenvalue weighted by molar-refractivity contribution is 7.12. The number of benzene rings is 2. The maximum absolute atomic E-state index is 13.3. The van der Waals surface area contributed by atoms with Gasteiger partial charge in [0.25, 0.3) is 5.91 Å². The van der Waals surface area contributed by atoms with Gasteiger partial charge in [0.15, 0.2) is 0 Å². The molecule has 0 spiro atoms. The Labute approximate surface area is 210 Å². The van der Waals surface area contributed by atoms with E-state index in [-0.39, 0.29) is 23.8 Å². The molecule has 2 heterocycles. The van der Waals surface area contributed by atoms with Crippen LogP contribution in [0.4, 0.5) is 5.82 Å². The Kier molecular flexibility index (Phi) is 7.17. The summed E-state index contributed by atoms with van der Waals surface area (Å²) >= 11 is 1.37. The van der Waals surface area contributed by atoms with E-state index >= 15 is 0 Å². The smallest absolute Gasteiger partial charge is 0.264 e. The molecule has 0 saturated heterocycles. The van der Waals surface area contributed by atoms with E-state index in [4.69, 9.17) is 5.10 Å². The first-order chi connectivity index (χ1) is 16.7. The van der Waals surface area contributed by atoms with Crippen molar-refractivity contribution < 1.29 is 9.59 Å². The Hall–Kier alpha value is -3.71. The molecule has 6 nitrogen and oxygen atoms in total. The number of nitrogens with zero attached hydrogens (tertiary/aromatic N) is 3. The van der Waals surface area contributed by atoms with E-state index in [1.54, 1.807) is 15.6 Å². The van der Waals surface area contributed by atoms with Gasteiger partial charge in [0.1, 0.15) is 12.4 Å². The van der Waals surface area contributed by atoms with Gasteiger partial charge in [-0.15, -0.1) is 11.3 Å². The van der Waals surface area contributed by atoms with Gasteiger partial charge < -0.3 is 10.2 Å². The maximum Gasteiger partial charge on any atom is 0.264 e. The SMILES string of the molecule is Cc1ccccc1-n1nc(C(C)(C)C)cc1NC(=O)CN(Cc1ccccc1)C(=O)c1cccs1. The summed E-state index contributed by atoms with van der Waals surface area (Å²) in [6.45, 7) is 8.55. The lowest BCUT2D eigenvalue weighted by molar-refractivity contribution is -0.117. The fourth-order valence-corrected chi connectivity index (χ4v) is 4.43. The van der Waals surface area contributed by atoms with Gasteiger partial charge in [0.05, 0.1) is 16.3 Å². The lowest BCUT2D eigenvalue weighted by Gasteiger charge is -2.22. The van der Waals surface area contributed by atoms with Gasteiger partial charge >= 0.3 is 0 Å². The second-order valence-electron chi connectivity index (χ2n) is 9.54. The van der Waals surface area contributed by atoms with E-state index in [0.29, 0.717) is 17.2 Å². The van der Waals surface area contributed by atoms with Crippen LogP contribution < -0.4 is 5.32 Å². The van der Waals surface area contributed by atoms with Crippen molar-refractivity contribution in [1.82, 2.24) is 14.7 Å². The summed E-state index contributed by atoms with van der Waals surface area (Å²) in [7, 11) is 0. The third-order valence-electron chi connectivity index (χ3n) is 5.66. The van der Waals surface area contributed by atoms with E-state index in [2.05, 4.69) is 26.1 Å². The van der Waals surface area contributed by atoms with Crippen molar-refractivity contribution >= 4 is 29.0 Å². The van der Waals surface area contributed by atoms with E-state index in [9.17, 15) is 9.59 Å². The summed E-state index contributed by atoms with van der Waals surface area (Å²) in [6.07, 6.45) is 0. The highest BCUT2D eigenvalue weighted by Gasteiger charge is 2.24. The number of carbonyl (C=O) groups excluding carboxylic acids is 2. The number of hydrogen-bond acceptors (Lipinski definition) is 4. The molecule has 1 N–H and O–H groups in total. The van der Waals surface area contributed by atoms with Crippen LogP contribution in [-0.2, 0) is 16.8 Å². The van der Waals surface area contributed by atoms with Crippen molar-refractivity contribution in [2.75, 3.05) is 11.9 Å². The number of aromatic nitrogens is 2. The predicted octanol–water partition coefficient (Wildman–Crippen LogP) is 5.82. The molecular weight excluding hydrogens is 456 g/mol. The molecule has 35 heavy (non-hydrogen) atoms. The Morgan fingerprint density at radius 3 is 2.37 bits per heavy atom. The van der Waals surface area contributed by atoms with Gasteiger partial charge in [0.2, 0.25) is 5.91 Å². The maximum atomic E-state index is 13.3. The van der Waals surface area contributed by atoms with E-state index in [1.807, 2.05) is 79.0 Å². The normalized spacial score (nSPS) is 11.3. The molecule has 0 fully saturated rings. The van der Waals surface area contributed by atoms with Gasteiger partial charge in [-0.25, -0.2) is 4.68 Å². The highest BCUT2D eigenvalue weighted by Crippen LogP contribution is 2.27. The summed E-state index contributed by atoms with van der Waals surface area (Å²) in [6, 6.07) is 23.2. The van der Waals surface area contributed by atoms with Crippen molar-refractivity contribution in [2.45, 2.75) is 39.7 Å². The Morgan fingerprint density at radius 2 is 1.71 bits per heavy atom. The molecule has 2 aromatic carbocycles. The van der Waals surface area contributed by atoms with Crippen LogP contribution in [0.25, 0.3) is 5.69 Å². The number of anilines is 1. The summed E-state index contributed by atoms with van der Waals surface area (Å²) in [5.41, 5.74) is 3.58. The third kappa shape index (κ3) is 5.87. The zero-order valence-electron chi connectivity index (χ0n) is 20.5. The van der Waals surface area contributed by atoms with Crippen LogP contribution in [0.3, 0.4) is 0 Å². The second kappa shape index (κ2) is 10.3. The Morgan fingerprint density at radius 1 is 1.00 bits per heavy atom. The number of thiophene rings is 1. The molecule has 0 atom stereocenters. The minimum atomic E-state index is -0.277. The average molecular weight is 487 g/mol. The quantitative estimate of drug-likeness (QED) is 0.358. The number of amides is 2. The first-order valence-corrected chi connectivity index (χ1v) is 12.4. The molecule has 4 aromatic rings. The summed E-state index contributed by atoms with van der Waals surface area (Å²) in [4.78, 5) is 28.7. The van der Waals surface area contributed by atoms with Crippen molar-refractivity contribution in [3.8, 4) is 5.69 Å². The fraction of sp³-hybridized carbons (Fsp3) is 0.250. The number of para-hydroxylation sites is 1. The van der Waals surface area contributed by atoms with Crippen molar-refractivity contribution in [2.24, 2.45) is 0 Å². The predicted molar refractivity (Wildman–Crippen MR) is 141 cm³/mol. The molecule has 0 unspecified atom stereocenters. The van der Waals surface area contributed by atoms with Gasteiger partial charge in [-0.3, -0.25) is 9.59 Å². The Bertz CT molecular complexity index is 1300. The summed E-state index contributed by atoms with van der Waals surface area (Å²) in [5.74, 6) is 0.139. The first-order valence-electron chi connectivity index (χ1n) is 11.6. The zero-order valence-corrected chi connectivity index (χ0v) is 21.3. The van der Waals surface area contributed by atoms with Crippen LogP contribution in [0.1, 0.15) is 47.3 Å². The first kappa shape index (κ1) is 24.4. The van der Waals surface area contributed by atoms with Crippen molar-refractivity contribution in [3.05, 3.63) is 99.9 Å². The third-order valence-corrected chi connectivity index (χ3v) is 6.52. The lowest BCUT2D eigenvalue weighted by atomic mass is 9.92. The topological polar surface area (TPSA) is 67.2 Å². The van der Waals surface area contributed by atoms with Gasteiger partial charge in [0, 0.05) is 18.0 Å². The van der Waals surface area contributed by atoms with Crippen molar-refractivity contribution in [3.63, 3.8) is 0 Å². The molecule has 7 heteroatoms. The van der Waals surface area contributed by atoms with E-state index in [1.165, 1.54) is 11.3 Å². The fourth-order valence-electron chi connectivity index (χ4n) is 3.74. The lowest BCUT2D eigenvalue weighted by Crippen LogP contribution is -2.37. The summed E-state index contributed by atoms with van der Waals surface area (Å²) in [5, 5.41) is 9.69. The van der Waals surface area contributed by atoms with E-state index < -0.39 is 0 Å². The van der Waals surface area contributed by atoms with E-state index in [0.717, 1.165) is 22.5 Å². The number of aryl methyl sites for hydroxylation is 1. The van der Waals surface area contributed by atoms with Gasteiger partial charge in [-0.1, -0.05) is 75.4 Å². The molecule has 0 aliphatic carbocycles. The largest absolute Gasteiger partial charge is 0.324 e. The summed E-state index contributed by atoms with van der Waals surface area (Å²) < 4.78 is 1.77. The monoisotopic (exact) mass is 486 g/mol. The van der Waals surface area contributed by atoms with Gasteiger partial charge in [-0.2, -0.15) is 5.10 Å². The molecule has 180 valence electrons. The molecule has 0 bridgehead atoms. The molecule has 2 amide bonds. The molecule has 2 aromatic heterocycles. The number of carbonyl (C=O) groups is 2. The van der Waals surface area contributed by atoms with Crippen LogP contribution in [-0.4, -0.2) is 33.0 Å². The molecule has 0 saturated carbocycles. The number of hydrogen-bond donors (Lipinski definition) is 1. The number of nitrogens with one attached hydrogen (secondary N) is 1. The number of rotatable bonds is 7. The zero-order chi connectivity index (χ0) is 25.0. The van der Waals surface area contributed by atoms with Gasteiger partial charge in [-0.05, 0) is 35.6 Å². The standard InChI is InChI=1S/C28H30N4O2S/c1-20-11-8-9-14-22(20)32-25(17-24(30-32)28(2,3)4)29-26(33)19-31(18-21-12-6-5-7-13-21)27(34)23-15-10-16-35-23/h5-17H,18-19H2,1-4H3,(H,29,33). The van der Waals surface area contributed by atoms with Crippen LogP contribution in [0.5, 0.6) is 0 Å². The Balaban J connectivity index is 1.61. The van der Waals surface area contributed by atoms with Crippen LogP contribution >= 0.6 is 11.3 Å².